The van der Waals surface area contributed by atoms with E-state index in [0.717, 1.165) is 28.8 Å². The highest BCUT2D eigenvalue weighted by Crippen LogP contribution is 2.28. The number of nitrogens with zero attached hydrogens (tertiary/aromatic N) is 4. The lowest BCUT2D eigenvalue weighted by molar-refractivity contribution is 0.208. The minimum atomic E-state index is -0.520. The second kappa shape index (κ2) is 10.3. The fraction of sp³-hybridized carbons (Fsp3) is 0.304. The number of rotatable bonds is 9. The molecule has 0 aliphatic carbocycles. The van der Waals surface area contributed by atoms with Crippen LogP contribution in [-0.4, -0.2) is 48.8 Å². The molecular weight excluding hydrogens is 419 g/mol. The number of hydrogen-bond donors (Lipinski definition) is 0. The van der Waals surface area contributed by atoms with Crippen LogP contribution in [0.15, 0.2) is 52.6 Å². The van der Waals surface area contributed by atoms with Crippen molar-refractivity contribution in [1.82, 2.24) is 9.47 Å². The van der Waals surface area contributed by atoms with E-state index in [1.54, 1.807) is 6.07 Å². The second-order valence-electron chi connectivity index (χ2n) is 7.11. The number of fused-ring (bicyclic) bond motifs is 1. The lowest BCUT2D eigenvalue weighted by Crippen LogP contribution is -2.19. The summed E-state index contributed by atoms with van der Waals surface area (Å²) in [6.45, 7) is 5.45. The summed E-state index contributed by atoms with van der Waals surface area (Å²) in [7, 11) is 3.45. The van der Waals surface area contributed by atoms with Crippen LogP contribution in [0, 0.1) is 12.7 Å². The standard InChI is InChI=1S/C23H26ClFN4O2/c1-5-28(3)15-26-18-9-10-22-17(12-18)11-16(2)29(22)13-19(27-30-4)14-31-23-20(24)7-6-8-21(23)25/h6-12,15H,5,13-14H2,1-4H3. The fourth-order valence-corrected chi connectivity index (χ4v) is 3.34. The molecule has 0 N–H and O–H groups in total. The summed E-state index contributed by atoms with van der Waals surface area (Å²) in [5, 5.41) is 5.35. The number of aliphatic imine (C=N–C) groups is 1. The fourth-order valence-electron chi connectivity index (χ4n) is 3.12. The molecule has 0 saturated heterocycles. The molecule has 0 amide bonds. The first-order valence-electron chi connectivity index (χ1n) is 9.93. The molecule has 0 bridgehead atoms. The average molecular weight is 445 g/mol. The molecule has 0 atom stereocenters. The molecule has 0 radical (unpaired) electrons. The molecule has 1 heterocycles. The van der Waals surface area contributed by atoms with Gasteiger partial charge >= 0.3 is 0 Å². The van der Waals surface area contributed by atoms with Gasteiger partial charge in [-0.1, -0.05) is 22.8 Å². The largest absolute Gasteiger partial charge is 0.483 e. The number of halogens is 2. The van der Waals surface area contributed by atoms with Crippen LogP contribution < -0.4 is 4.74 Å². The van der Waals surface area contributed by atoms with E-state index >= 15 is 0 Å². The Morgan fingerprint density at radius 2 is 2.06 bits per heavy atom. The third-order valence-corrected chi connectivity index (χ3v) is 5.16. The monoisotopic (exact) mass is 444 g/mol. The molecule has 0 unspecified atom stereocenters. The Morgan fingerprint density at radius 1 is 1.26 bits per heavy atom. The zero-order chi connectivity index (χ0) is 22.4. The zero-order valence-corrected chi connectivity index (χ0v) is 18.9. The van der Waals surface area contributed by atoms with Crippen LogP contribution in [0.2, 0.25) is 5.02 Å². The van der Waals surface area contributed by atoms with Gasteiger partial charge in [0.15, 0.2) is 11.6 Å². The summed E-state index contributed by atoms with van der Waals surface area (Å²) in [6.07, 6.45) is 1.82. The molecule has 2 aromatic carbocycles. The van der Waals surface area contributed by atoms with Crippen LogP contribution in [0.3, 0.4) is 0 Å². The summed E-state index contributed by atoms with van der Waals surface area (Å²) in [6, 6.07) is 12.5. The van der Waals surface area contributed by atoms with Crippen LogP contribution in [0.5, 0.6) is 5.75 Å². The van der Waals surface area contributed by atoms with Crippen molar-refractivity contribution in [1.29, 1.82) is 0 Å². The summed E-state index contributed by atoms with van der Waals surface area (Å²) >= 11 is 6.05. The summed E-state index contributed by atoms with van der Waals surface area (Å²) < 4.78 is 21.7. The van der Waals surface area contributed by atoms with E-state index in [9.17, 15) is 4.39 Å². The van der Waals surface area contributed by atoms with Crippen molar-refractivity contribution in [3.8, 4) is 5.75 Å². The first-order valence-corrected chi connectivity index (χ1v) is 10.3. The smallest absolute Gasteiger partial charge is 0.174 e. The molecule has 31 heavy (non-hydrogen) atoms. The van der Waals surface area contributed by atoms with Gasteiger partial charge in [0.2, 0.25) is 0 Å². The van der Waals surface area contributed by atoms with Gasteiger partial charge in [0.1, 0.15) is 19.4 Å². The summed E-state index contributed by atoms with van der Waals surface area (Å²) in [5.74, 6) is -0.518. The van der Waals surface area contributed by atoms with Crippen LogP contribution in [0.4, 0.5) is 10.1 Å². The molecule has 0 aliphatic rings. The second-order valence-corrected chi connectivity index (χ2v) is 7.52. The topological polar surface area (TPSA) is 51.4 Å². The molecule has 3 aromatic rings. The summed E-state index contributed by atoms with van der Waals surface area (Å²) in [5.41, 5.74) is 3.56. The van der Waals surface area contributed by atoms with E-state index in [1.807, 2.05) is 43.4 Å². The highest BCUT2D eigenvalue weighted by molar-refractivity contribution is 6.32. The zero-order valence-electron chi connectivity index (χ0n) is 18.1. The minimum Gasteiger partial charge on any atom is -0.483 e. The molecule has 0 aliphatic heterocycles. The van der Waals surface area contributed by atoms with Gasteiger partial charge in [0, 0.05) is 30.2 Å². The number of aromatic nitrogens is 1. The third kappa shape index (κ3) is 5.55. The molecular formula is C23H26ClFN4O2. The first-order chi connectivity index (χ1) is 14.9. The molecule has 1 aromatic heterocycles. The average Bonchev–Trinajstić information content (AvgIpc) is 3.05. The van der Waals surface area contributed by atoms with Gasteiger partial charge in [0.25, 0.3) is 0 Å². The first kappa shape index (κ1) is 22.6. The van der Waals surface area contributed by atoms with Gasteiger partial charge < -0.3 is 19.0 Å². The van der Waals surface area contributed by atoms with E-state index in [-0.39, 0.29) is 17.4 Å². The number of para-hydroxylation sites is 1. The van der Waals surface area contributed by atoms with Crippen molar-refractivity contribution in [2.45, 2.75) is 20.4 Å². The molecule has 6 nitrogen and oxygen atoms in total. The maximum atomic E-state index is 14.0. The predicted octanol–water partition coefficient (Wildman–Crippen LogP) is 5.44. The van der Waals surface area contributed by atoms with E-state index in [1.165, 1.54) is 19.2 Å². The quantitative estimate of drug-likeness (QED) is 0.251. The number of aryl methyl sites for hydroxylation is 1. The van der Waals surface area contributed by atoms with Crippen molar-refractivity contribution in [3.63, 3.8) is 0 Å². The predicted molar refractivity (Wildman–Crippen MR) is 124 cm³/mol. The van der Waals surface area contributed by atoms with E-state index in [0.29, 0.717) is 12.3 Å². The van der Waals surface area contributed by atoms with Crippen LogP contribution >= 0.6 is 11.6 Å². The molecule has 8 heteroatoms. The van der Waals surface area contributed by atoms with Gasteiger partial charge in [-0.25, -0.2) is 9.38 Å². The molecule has 0 fully saturated rings. The van der Waals surface area contributed by atoms with Crippen molar-refractivity contribution in [3.05, 3.63) is 59.0 Å². The third-order valence-electron chi connectivity index (χ3n) is 4.86. The normalized spacial score (nSPS) is 12.0. The number of oxime groups is 1. The van der Waals surface area contributed by atoms with Gasteiger partial charge in [-0.3, -0.25) is 0 Å². The van der Waals surface area contributed by atoms with Crippen molar-refractivity contribution < 1.29 is 14.0 Å². The van der Waals surface area contributed by atoms with E-state index < -0.39 is 5.82 Å². The van der Waals surface area contributed by atoms with Gasteiger partial charge in [-0.2, -0.15) is 0 Å². The highest BCUT2D eigenvalue weighted by atomic mass is 35.5. The Balaban J connectivity index is 1.81. The number of benzene rings is 2. The van der Waals surface area contributed by atoms with Crippen LogP contribution in [0.25, 0.3) is 10.9 Å². The van der Waals surface area contributed by atoms with Gasteiger partial charge in [-0.05, 0) is 50.2 Å². The Labute approximate surface area is 186 Å². The Hall–Kier alpha value is -3.06. The summed E-state index contributed by atoms with van der Waals surface area (Å²) in [4.78, 5) is 11.5. The van der Waals surface area contributed by atoms with Crippen molar-refractivity contribution >= 4 is 40.2 Å². The van der Waals surface area contributed by atoms with Crippen LogP contribution in [0.1, 0.15) is 12.6 Å². The molecule has 0 saturated carbocycles. The number of ether oxygens (including phenoxy) is 1. The van der Waals surface area contributed by atoms with Crippen molar-refractivity contribution in [2.24, 2.45) is 10.1 Å². The maximum absolute atomic E-state index is 14.0. The lowest BCUT2D eigenvalue weighted by atomic mass is 10.2. The highest BCUT2D eigenvalue weighted by Gasteiger charge is 2.13. The Bertz CT molecular complexity index is 1090. The Kier molecular flexibility index (Phi) is 7.52. The SMILES string of the molecule is CCN(C)C=Nc1ccc2c(c1)cc(C)n2CC(COc1c(F)cccc1Cl)=NOC. The molecule has 0 spiro atoms. The Morgan fingerprint density at radius 3 is 2.77 bits per heavy atom. The van der Waals surface area contributed by atoms with Crippen molar-refractivity contribution in [2.75, 3.05) is 27.3 Å². The minimum absolute atomic E-state index is 0.00149. The molecule has 164 valence electrons. The van der Waals surface area contributed by atoms with E-state index in [2.05, 4.69) is 27.7 Å². The van der Waals surface area contributed by atoms with Gasteiger partial charge in [-0.15, -0.1) is 0 Å². The maximum Gasteiger partial charge on any atom is 0.174 e. The molecule has 3 rings (SSSR count). The lowest BCUT2D eigenvalue weighted by Gasteiger charge is -2.13. The number of hydrogen-bond acceptors (Lipinski definition) is 4. The van der Waals surface area contributed by atoms with E-state index in [4.69, 9.17) is 21.2 Å². The van der Waals surface area contributed by atoms with Crippen LogP contribution in [-0.2, 0) is 11.4 Å². The van der Waals surface area contributed by atoms with Gasteiger partial charge in [0.05, 0.1) is 23.6 Å².